The Kier molecular flexibility index (Phi) is 4.68. The predicted molar refractivity (Wildman–Crippen MR) is 112 cm³/mol. The van der Waals surface area contributed by atoms with Crippen LogP contribution in [0.1, 0.15) is 44.7 Å². The number of pyridine rings is 1. The largest absolute Gasteiger partial charge is 0.467 e. The molecule has 1 heterocycles. The summed E-state index contributed by atoms with van der Waals surface area (Å²) in [4.78, 5) is 30.3. The lowest BCUT2D eigenvalue weighted by Gasteiger charge is -2.53. The third kappa shape index (κ3) is 3.22. The summed E-state index contributed by atoms with van der Waals surface area (Å²) in [6, 6.07) is 11.3. The smallest absolute Gasteiger partial charge is 0.408 e. The van der Waals surface area contributed by atoms with E-state index in [1.54, 1.807) is 13.0 Å². The summed E-state index contributed by atoms with van der Waals surface area (Å²) in [6.07, 6.45) is 5.35. The van der Waals surface area contributed by atoms with Crippen molar-refractivity contribution in [1.82, 2.24) is 10.3 Å². The van der Waals surface area contributed by atoms with E-state index >= 15 is 0 Å². The fourth-order valence-electron chi connectivity index (χ4n) is 6.19. The van der Waals surface area contributed by atoms with Gasteiger partial charge in [-0.15, -0.1) is 0 Å². The highest BCUT2D eigenvalue weighted by Gasteiger charge is 2.50. The van der Waals surface area contributed by atoms with Crippen LogP contribution >= 0.6 is 0 Å². The molecular weight excluding hydrogens is 380 g/mol. The van der Waals surface area contributed by atoms with E-state index in [2.05, 4.69) is 10.3 Å². The highest BCUT2D eigenvalue weighted by Crippen LogP contribution is 2.54. The van der Waals surface area contributed by atoms with Crippen LogP contribution in [0, 0.1) is 23.7 Å². The van der Waals surface area contributed by atoms with Crippen molar-refractivity contribution in [2.75, 3.05) is 7.11 Å². The van der Waals surface area contributed by atoms with Crippen molar-refractivity contribution in [1.29, 1.82) is 0 Å². The number of aromatic nitrogens is 1. The van der Waals surface area contributed by atoms with Gasteiger partial charge >= 0.3 is 12.1 Å². The Hall–Kier alpha value is -2.63. The summed E-state index contributed by atoms with van der Waals surface area (Å²) in [7, 11) is 1.31. The van der Waals surface area contributed by atoms with Crippen LogP contribution in [0.15, 0.2) is 36.4 Å². The molecule has 1 amide bonds. The molecule has 1 unspecified atom stereocenters. The van der Waals surface area contributed by atoms with E-state index in [9.17, 15) is 9.59 Å². The molecule has 1 aromatic heterocycles. The van der Waals surface area contributed by atoms with E-state index in [1.165, 1.54) is 13.5 Å². The molecule has 1 atom stereocenters. The number of carbonyl (C=O) groups excluding carboxylic acids is 2. The highest BCUT2D eigenvalue weighted by molar-refractivity contribution is 5.87. The summed E-state index contributed by atoms with van der Waals surface area (Å²) in [6.45, 7) is 1.62. The Morgan fingerprint density at radius 2 is 1.67 bits per heavy atom. The first-order valence-electron chi connectivity index (χ1n) is 10.9. The summed E-state index contributed by atoms with van der Waals surface area (Å²) in [5.41, 5.74) is -0.252. The number of methoxy groups -OCH3 is 1. The highest BCUT2D eigenvalue weighted by atomic mass is 16.6. The lowest BCUT2D eigenvalue weighted by molar-refractivity contribution is -0.148. The number of nitrogens with one attached hydrogen (secondary N) is 1. The molecule has 6 heteroatoms. The van der Waals surface area contributed by atoms with E-state index in [0.717, 1.165) is 48.4 Å². The lowest BCUT2D eigenvalue weighted by Crippen LogP contribution is -2.54. The van der Waals surface area contributed by atoms with Gasteiger partial charge in [-0.1, -0.05) is 24.3 Å². The number of para-hydroxylation sites is 1. The maximum Gasteiger partial charge on any atom is 0.408 e. The van der Waals surface area contributed by atoms with Crippen LogP contribution in [-0.4, -0.2) is 30.3 Å². The minimum Gasteiger partial charge on any atom is -0.467 e. The zero-order chi connectivity index (χ0) is 20.9. The van der Waals surface area contributed by atoms with Gasteiger partial charge in [-0.3, -0.25) is 0 Å². The van der Waals surface area contributed by atoms with Gasteiger partial charge in [0.05, 0.1) is 18.3 Å². The van der Waals surface area contributed by atoms with Crippen LogP contribution in [0.25, 0.3) is 10.9 Å². The molecule has 0 saturated heterocycles. The van der Waals surface area contributed by atoms with Crippen molar-refractivity contribution < 1.29 is 19.1 Å². The zero-order valence-electron chi connectivity index (χ0n) is 17.5. The number of esters is 1. The summed E-state index contributed by atoms with van der Waals surface area (Å²) < 4.78 is 11.0. The fraction of sp³-hybridized carbons (Fsp3) is 0.542. The maximum atomic E-state index is 12.9. The summed E-state index contributed by atoms with van der Waals surface area (Å²) >= 11 is 0. The van der Waals surface area contributed by atoms with Crippen molar-refractivity contribution in [3.05, 3.63) is 42.1 Å². The van der Waals surface area contributed by atoms with Crippen molar-refractivity contribution in [3.8, 4) is 0 Å². The molecular formula is C24H28N2O4. The normalized spacial score (nSPS) is 31.2. The first-order valence-corrected chi connectivity index (χ1v) is 10.9. The average molecular weight is 408 g/mol. The number of benzene rings is 1. The quantitative estimate of drug-likeness (QED) is 0.768. The van der Waals surface area contributed by atoms with Gasteiger partial charge in [-0.25, -0.2) is 14.6 Å². The number of hydrogen-bond donors (Lipinski definition) is 1. The van der Waals surface area contributed by atoms with E-state index < -0.39 is 17.6 Å². The van der Waals surface area contributed by atoms with Gasteiger partial charge in [0, 0.05) is 5.39 Å². The molecule has 4 fully saturated rings. The molecule has 1 aromatic carbocycles. The van der Waals surface area contributed by atoms with Gasteiger partial charge in [0.1, 0.15) is 6.10 Å². The second-order valence-corrected chi connectivity index (χ2v) is 9.43. The van der Waals surface area contributed by atoms with Crippen molar-refractivity contribution in [2.24, 2.45) is 23.7 Å². The van der Waals surface area contributed by atoms with Gasteiger partial charge in [0.25, 0.3) is 0 Å². The van der Waals surface area contributed by atoms with Crippen LogP contribution in [0.3, 0.4) is 0 Å². The van der Waals surface area contributed by atoms with Crippen LogP contribution in [0.5, 0.6) is 0 Å². The van der Waals surface area contributed by atoms with Gasteiger partial charge in [0.15, 0.2) is 5.54 Å². The molecule has 4 saturated carbocycles. The number of hydrogen-bond acceptors (Lipinski definition) is 5. The molecule has 6 nitrogen and oxygen atoms in total. The third-order valence-corrected chi connectivity index (χ3v) is 7.44. The van der Waals surface area contributed by atoms with Gasteiger partial charge in [-0.2, -0.15) is 0 Å². The van der Waals surface area contributed by atoms with E-state index in [4.69, 9.17) is 9.47 Å². The molecule has 0 radical (unpaired) electrons. The molecule has 158 valence electrons. The molecule has 4 aliphatic rings. The SMILES string of the molecule is COC(=O)C(C)(NC(=O)OC1C2CC3CC(C2)CC1C3)c1ccc2ccccc2n1. The van der Waals surface area contributed by atoms with Gasteiger partial charge < -0.3 is 14.8 Å². The van der Waals surface area contributed by atoms with Crippen LogP contribution in [-0.2, 0) is 19.8 Å². The number of rotatable bonds is 4. The molecule has 2 aromatic rings. The Balaban J connectivity index is 1.37. The monoisotopic (exact) mass is 408 g/mol. The molecule has 1 N–H and O–H groups in total. The molecule has 30 heavy (non-hydrogen) atoms. The van der Waals surface area contributed by atoms with Crippen LogP contribution in [0.2, 0.25) is 0 Å². The molecule has 4 aliphatic carbocycles. The predicted octanol–water partition coefficient (Wildman–Crippen LogP) is 4.17. The topological polar surface area (TPSA) is 77.5 Å². The van der Waals surface area contributed by atoms with E-state index in [0.29, 0.717) is 17.5 Å². The van der Waals surface area contributed by atoms with E-state index in [1.807, 2.05) is 30.3 Å². The Bertz CT molecular complexity index is 962. The standard InChI is InChI=1S/C24H28N2O4/c1-24(22(27)29-2,20-8-7-16-5-3-4-6-19(16)25-20)26-23(28)30-21-17-10-14-9-15(12-17)13-18(21)11-14/h3-8,14-15,17-18,21H,9-13H2,1-2H3,(H,26,28). The fourth-order valence-corrected chi connectivity index (χ4v) is 6.19. The number of nitrogens with zero attached hydrogens (tertiary/aromatic N) is 1. The number of fused-ring (bicyclic) bond motifs is 1. The Morgan fingerprint density at radius 3 is 2.33 bits per heavy atom. The maximum absolute atomic E-state index is 12.9. The van der Waals surface area contributed by atoms with Gasteiger partial charge in [-0.05, 0) is 74.8 Å². The van der Waals surface area contributed by atoms with Crippen molar-refractivity contribution in [2.45, 2.75) is 50.7 Å². The van der Waals surface area contributed by atoms with Crippen molar-refractivity contribution in [3.63, 3.8) is 0 Å². The molecule has 6 rings (SSSR count). The van der Waals surface area contributed by atoms with Crippen molar-refractivity contribution >= 4 is 23.0 Å². The minimum atomic E-state index is -1.43. The second kappa shape index (κ2) is 7.25. The lowest BCUT2D eigenvalue weighted by atomic mass is 9.55. The number of amides is 1. The number of alkyl carbamates (subject to hydrolysis) is 1. The Morgan fingerprint density at radius 1 is 1.00 bits per heavy atom. The number of ether oxygens (including phenoxy) is 2. The summed E-state index contributed by atoms with van der Waals surface area (Å²) in [5, 5.41) is 3.75. The zero-order valence-corrected chi connectivity index (χ0v) is 17.5. The molecule has 0 spiro atoms. The second-order valence-electron chi connectivity index (χ2n) is 9.43. The van der Waals surface area contributed by atoms with Crippen LogP contribution in [0.4, 0.5) is 4.79 Å². The number of carbonyl (C=O) groups is 2. The van der Waals surface area contributed by atoms with E-state index in [-0.39, 0.29) is 6.10 Å². The first-order chi connectivity index (χ1) is 14.5. The molecule has 4 bridgehead atoms. The Labute approximate surface area is 176 Å². The van der Waals surface area contributed by atoms with Gasteiger partial charge in [0.2, 0.25) is 0 Å². The third-order valence-electron chi connectivity index (χ3n) is 7.44. The first kappa shape index (κ1) is 19.3. The van der Waals surface area contributed by atoms with Crippen LogP contribution < -0.4 is 5.32 Å². The summed E-state index contributed by atoms with van der Waals surface area (Å²) in [5.74, 6) is 1.94. The minimum absolute atomic E-state index is 0.0516. The molecule has 0 aliphatic heterocycles. The average Bonchev–Trinajstić information content (AvgIpc) is 2.74.